The lowest BCUT2D eigenvalue weighted by Crippen LogP contribution is -2.35. The van der Waals surface area contributed by atoms with Gasteiger partial charge in [-0.2, -0.15) is 0 Å². The Hall–Kier alpha value is -1.44. The number of carbonyl (C=O) groups is 1. The summed E-state index contributed by atoms with van der Waals surface area (Å²) in [6.45, 7) is 4.87. The molecule has 1 aromatic carbocycles. The van der Waals surface area contributed by atoms with Crippen LogP contribution in [-0.4, -0.2) is 37.2 Å². The maximum Gasteiger partial charge on any atom is 0.335 e. The van der Waals surface area contributed by atoms with E-state index in [4.69, 9.17) is 5.11 Å². The summed E-state index contributed by atoms with van der Waals surface area (Å²) in [5.41, 5.74) is 0.115. The highest BCUT2D eigenvalue weighted by molar-refractivity contribution is 7.89. The van der Waals surface area contributed by atoms with Crippen molar-refractivity contribution in [1.82, 2.24) is 4.72 Å². The summed E-state index contributed by atoms with van der Waals surface area (Å²) in [5.74, 6) is -1.26. The largest absolute Gasteiger partial charge is 0.478 e. The van der Waals surface area contributed by atoms with Crippen LogP contribution < -0.4 is 4.72 Å². The molecule has 3 N–H and O–H groups in total. The van der Waals surface area contributed by atoms with E-state index in [0.29, 0.717) is 0 Å². The molecule has 7 heteroatoms. The number of aromatic carboxylic acids is 1. The van der Waals surface area contributed by atoms with Crippen LogP contribution in [-0.2, 0) is 10.0 Å². The van der Waals surface area contributed by atoms with Crippen LogP contribution in [0.5, 0.6) is 0 Å². The van der Waals surface area contributed by atoms with Crippen LogP contribution in [0.4, 0.5) is 0 Å². The average Bonchev–Trinajstić information content (AvgIpc) is 2.35. The monoisotopic (exact) mass is 301 g/mol. The Balaban J connectivity index is 3.05. The molecule has 0 bridgehead atoms. The smallest absolute Gasteiger partial charge is 0.335 e. The number of carboxylic acid groups (broad SMARTS) is 1. The van der Waals surface area contributed by atoms with Crippen LogP contribution in [0.25, 0.3) is 0 Å². The first-order valence-corrected chi connectivity index (χ1v) is 7.65. The van der Waals surface area contributed by atoms with Gasteiger partial charge in [-0.25, -0.2) is 17.9 Å². The fourth-order valence-corrected chi connectivity index (χ4v) is 2.96. The number of nitrogens with one attached hydrogen (secondary N) is 1. The molecular formula is C13H19NO5S. The zero-order valence-electron chi connectivity index (χ0n) is 11.6. The van der Waals surface area contributed by atoms with Gasteiger partial charge < -0.3 is 10.2 Å². The number of benzene rings is 1. The van der Waals surface area contributed by atoms with Gasteiger partial charge in [0.25, 0.3) is 0 Å². The number of aliphatic hydroxyl groups is 1. The number of aliphatic hydroxyl groups excluding tert-OH is 1. The molecule has 0 aliphatic heterocycles. The van der Waals surface area contributed by atoms with Crippen molar-refractivity contribution in [1.29, 1.82) is 0 Å². The summed E-state index contributed by atoms with van der Waals surface area (Å²) in [7, 11) is -3.85. The standard InChI is InChI=1S/C13H19NO5S/c1-8(2)11(15)7-14-20(18,19)12-6-4-5-10(9(12)3)13(16)17/h4-6,8,11,14-15H,7H2,1-3H3,(H,16,17). The molecule has 1 rings (SSSR count). The molecule has 0 radical (unpaired) electrons. The van der Waals surface area contributed by atoms with Crippen LogP contribution in [0.2, 0.25) is 0 Å². The zero-order valence-corrected chi connectivity index (χ0v) is 12.4. The first-order chi connectivity index (χ1) is 9.16. The van der Waals surface area contributed by atoms with Gasteiger partial charge in [0, 0.05) is 6.54 Å². The van der Waals surface area contributed by atoms with E-state index < -0.39 is 22.1 Å². The molecule has 6 nitrogen and oxygen atoms in total. The highest BCUT2D eigenvalue weighted by Gasteiger charge is 2.22. The molecule has 0 fully saturated rings. The van der Waals surface area contributed by atoms with Crippen molar-refractivity contribution in [2.24, 2.45) is 5.92 Å². The topological polar surface area (TPSA) is 104 Å². The van der Waals surface area contributed by atoms with Gasteiger partial charge in [0.15, 0.2) is 0 Å². The minimum absolute atomic E-state index is 0.0581. The summed E-state index contributed by atoms with van der Waals surface area (Å²) in [4.78, 5) is 10.9. The Labute approximate surface area is 118 Å². The Morgan fingerprint density at radius 2 is 1.95 bits per heavy atom. The molecule has 0 aliphatic rings. The lowest BCUT2D eigenvalue weighted by atomic mass is 10.1. The maximum atomic E-state index is 12.1. The second kappa shape index (κ2) is 6.34. The number of sulfonamides is 1. The molecule has 0 aromatic heterocycles. The second-order valence-electron chi connectivity index (χ2n) is 4.90. The highest BCUT2D eigenvalue weighted by Crippen LogP contribution is 2.19. The highest BCUT2D eigenvalue weighted by atomic mass is 32.2. The van der Waals surface area contributed by atoms with Crippen molar-refractivity contribution in [3.63, 3.8) is 0 Å². The van der Waals surface area contributed by atoms with E-state index in [2.05, 4.69) is 4.72 Å². The molecule has 20 heavy (non-hydrogen) atoms. The van der Waals surface area contributed by atoms with E-state index in [9.17, 15) is 18.3 Å². The fourth-order valence-electron chi connectivity index (χ4n) is 1.65. The van der Waals surface area contributed by atoms with Crippen molar-refractivity contribution in [2.45, 2.75) is 31.8 Å². The molecule has 0 heterocycles. The van der Waals surface area contributed by atoms with Crippen molar-refractivity contribution >= 4 is 16.0 Å². The third kappa shape index (κ3) is 3.78. The molecule has 0 amide bonds. The predicted octanol–water partition coefficient (Wildman–Crippen LogP) is 0.988. The molecule has 1 atom stereocenters. The van der Waals surface area contributed by atoms with Crippen LogP contribution in [0, 0.1) is 12.8 Å². The van der Waals surface area contributed by atoms with Gasteiger partial charge in [0.05, 0.1) is 16.6 Å². The normalized spacial score (nSPS) is 13.4. The number of hydrogen-bond acceptors (Lipinski definition) is 4. The van der Waals surface area contributed by atoms with Gasteiger partial charge in [0.2, 0.25) is 10.0 Å². The first kappa shape index (κ1) is 16.6. The van der Waals surface area contributed by atoms with Gasteiger partial charge in [-0.05, 0) is 30.5 Å². The van der Waals surface area contributed by atoms with Gasteiger partial charge in [-0.15, -0.1) is 0 Å². The lowest BCUT2D eigenvalue weighted by molar-refractivity contribution is 0.0695. The molecule has 112 valence electrons. The molecule has 1 unspecified atom stereocenters. The van der Waals surface area contributed by atoms with Crippen LogP contribution in [0.1, 0.15) is 29.8 Å². The Morgan fingerprint density at radius 3 is 2.45 bits per heavy atom. The Bertz CT molecular complexity index is 595. The van der Waals surface area contributed by atoms with Gasteiger partial charge in [-0.3, -0.25) is 0 Å². The van der Waals surface area contributed by atoms with E-state index >= 15 is 0 Å². The maximum absolute atomic E-state index is 12.1. The zero-order chi connectivity index (χ0) is 15.5. The van der Waals surface area contributed by atoms with Gasteiger partial charge in [-0.1, -0.05) is 19.9 Å². The van der Waals surface area contributed by atoms with Crippen molar-refractivity contribution in [3.8, 4) is 0 Å². The molecule has 1 aromatic rings. The van der Waals surface area contributed by atoms with Crippen LogP contribution >= 0.6 is 0 Å². The SMILES string of the molecule is Cc1c(C(=O)O)cccc1S(=O)(=O)NCC(O)C(C)C. The van der Waals surface area contributed by atoms with E-state index in [1.165, 1.54) is 25.1 Å². The number of rotatable bonds is 6. The minimum Gasteiger partial charge on any atom is -0.478 e. The molecule has 0 saturated carbocycles. The Kier molecular flexibility index (Phi) is 5.27. The second-order valence-corrected chi connectivity index (χ2v) is 6.63. The molecule has 0 saturated heterocycles. The number of carboxylic acids is 1. The summed E-state index contributed by atoms with van der Waals surface area (Å²) < 4.78 is 26.6. The Morgan fingerprint density at radius 1 is 1.35 bits per heavy atom. The lowest BCUT2D eigenvalue weighted by Gasteiger charge is -2.16. The summed E-state index contributed by atoms with van der Waals surface area (Å²) in [6, 6.07) is 4.06. The van der Waals surface area contributed by atoms with E-state index in [-0.39, 0.29) is 28.5 Å². The average molecular weight is 301 g/mol. The van der Waals surface area contributed by atoms with E-state index in [1.54, 1.807) is 13.8 Å². The third-order valence-corrected chi connectivity index (χ3v) is 4.62. The van der Waals surface area contributed by atoms with Crippen LogP contribution in [0.15, 0.2) is 23.1 Å². The van der Waals surface area contributed by atoms with Crippen molar-refractivity contribution < 1.29 is 23.4 Å². The third-order valence-electron chi connectivity index (χ3n) is 3.06. The summed E-state index contributed by atoms with van der Waals surface area (Å²) in [6.07, 6.45) is -0.798. The van der Waals surface area contributed by atoms with E-state index in [1.807, 2.05) is 0 Å². The summed E-state index contributed by atoms with van der Waals surface area (Å²) in [5, 5.41) is 18.6. The van der Waals surface area contributed by atoms with Crippen molar-refractivity contribution in [2.75, 3.05) is 6.54 Å². The predicted molar refractivity (Wildman–Crippen MR) is 74.2 cm³/mol. The number of hydrogen-bond donors (Lipinski definition) is 3. The van der Waals surface area contributed by atoms with Gasteiger partial charge >= 0.3 is 5.97 Å². The van der Waals surface area contributed by atoms with Crippen LogP contribution in [0.3, 0.4) is 0 Å². The molecule has 0 spiro atoms. The quantitative estimate of drug-likeness (QED) is 0.727. The minimum atomic E-state index is -3.85. The molecule has 0 aliphatic carbocycles. The van der Waals surface area contributed by atoms with Gasteiger partial charge in [0.1, 0.15) is 0 Å². The summed E-state index contributed by atoms with van der Waals surface area (Å²) >= 11 is 0. The van der Waals surface area contributed by atoms with E-state index in [0.717, 1.165) is 0 Å². The first-order valence-electron chi connectivity index (χ1n) is 6.17. The molecular weight excluding hydrogens is 282 g/mol. The van der Waals surface area contributed by atoms with Crippen molar-refractivity contribution in [3.05, 3.63) is 29.3 Å². The fraction of sp³-hybridized carbons (Fsp3) is 0.462.